The summed E-state index contributed by atoms with van der Waals surface area (Å²) in [7, 11) is -3.49. The van der Waals surface area contributed by atoms with Gasteiger partial charge in [-0.15, -0.1) is 0 Å². The van der Waals surface area contributed by atoms with E-state index in [1.165, 1.54) is 16.8 Å². The molecule has 1 unspecified atom stereocenters. The highest BCUT2D eigenvalue weighted by molar-refractivity contribution is 7.84. The number of rotatable bonds is 12. The van der Waals surface area contributed by atoms with E-state index in [9.17, 15) is 4.21 Å². The average molecular weight is 502 g/mol. The second kappa shape index (κ2) is 13.1. The quantitative estimate of drug-likeness (QED) is 0.331. The minimum atomic E-state index is -2.35. The summed E-state index contributed by atoms with van der Waals surface area (Å²) in [6, 6.07) is 23.0. The molecule has 6 heteroatoms. The van der Waals surface area contributed by atoms with Gasteiger partial charge in [-0.2, -0.15) is 0 Å². The molecule has 188 valence electrons. The summed E-state index contributed by atoms with van der Waals surface area (Å²) in [6.45, 7) is 9.87. The molecule has 0 amide bonds. The Morgan fingerprint density at radius 1 is 1.06 bits per heavy atom. The molecule has 3 atom stereocenters. The highest BCUT2D eigenvalue weighted by Gasteiger charge is 2.45. The Bertz CT molecular complexity index is 827. The van der Waals surface area contributed by atoms with Gasteiger partial charge in [-0.25, -0.2) is 8.93 Å². The normalized spacial score (nSPS) is 19.0. The molecule has 1 saturated heterocycles. The summed E-state index contributed by atoms with van der Waals surface area (Å²) in [4.78, 5) is 0. The molecule has 1 fully saturated rings. The van der Waals surface area contributed by atoms with Crippen LogP contribution in [0.5, 0.6) is 0 Å². The van der Waals surface area contributed by atoms with E-state index in [0.29, 0.717) is 6.61 Å². The zero-order chi connectivity index (χ0) is 24.4. The number of hydrogen-bond donors (Lipinski definition) is 1. The van der Waals surface area contributed by atoms with E-state index in [4.69, 9.17) is 9.47 Å². The molecular formula is C28H43NO3SSi. The molecule has 0 aliphatic carbocycles. The molecule has 1 aliphatic heterocycles. The van der Waals surface area contributed by atoms with Crippen LogP contribution in [-0.2, 0) is 20.5 Å². The predicted molar refractivity (Wildman–Crippen MR) is 147 cm³/mol. The van der Waals surface area contributed by atoms with Gasteiger partial charge in [-0.1, -0.05) is 84.4 Å². The molecule has 2 aromatic rings. The maximum atomic E-state index is 13.4. The standard InChI is InChI=1S/C28H43NO3SSi/c1-5-15-26(29-33(30)28(2,3)4)34(24-16-8-6-9-17-24,25-18-10-7-11-19-25)23-14-22-32-27-20-12-13-21-31-27/h6-11,16-19,26-27,29H,5,12-15,20-23H2,1-4H3/t26-,27?,33-/m1/s1. The Hall–Kier alpha value is -1.31. The molecule has 4 nitrogen and oxygen atoms in total. The van der Waals surface area contributed by atoms with Crippen LogP contribution in [0.2, 0.25) is 6.04 Å². The first-order valence-electron chi connectivity index (χ1n) is 12.9. The lowest BCUT2D eigenvalue weighted by Gasteiger charge is -2.41. The lowest BCUT2D eigenvalue weighted by atomic mass is 10.2. The molecule has 2 aromatic carbocycles. The zero-order valence-electron chi connectivity index (χ0n) is 21.4. The van der Waals surface area contributed by atoms with Crippen LogP contribution in [0.3, 0.4) is 0 Å². The molecule has 1 aliphatic rings. The average Bonchev–Trinajstić information content (AvgIpc) is 2.85. The third-order valence-corrected chi connectivity index (χ3v) is 14.0. The highest BCUT2D eigenvalue weighted by Crippen LogP contribution is 2.24. The van der Waals surface area contributed by atoms with E-state index in [-0.39, 0.29) is 16.7 Å². The summed E-state index contributed by atoms with van der Waals surface area (Å²) >= 11 is 0. The van der Waals surface area contributed by atoms with Crippen LogP contribution < -0.4 is 15.1 Å². The van der Waals surface area contributed by atoms with Gasteiger partial charge < -0.3 is 9.47 Å². The fourth-order valence-corrected chi connectivity index (χ4v) is 11.9. The summed E-state index contributed by atoms with van der Waals surface area (Å²) in [6.07, 6.45) is 6.23. The van der Waals surface area contributed by atoms with E-state index in [1.807, 2.05) is 20.8 Å². The lowest BCUT2D eigenvalue weighted by Crippen LogP contribution is -2.71. The van der Waals surface area contributed by atoms with Gasteiger partial charge in [0, 0.05) is 18.9 Å². The number of benzene rings is 2. The SMILES string of the molecule is CCC[C@H](N[S@](=O)C(C)(C)C)[Si](CCCOC1CCCCO1)(c1ccccc1)c1ccccc1. The molecule has 1 N–H and O–H groups in total. The van der Waals surface area contributed by atoms with Crippen molar-refractivity contribution in [3.05, 3.63) is 60.7 Å². The summed E-state index contributed by atoms with van der Waals surface area (Å²) in [5.41, 5.74) is 0.160. The highest BCUT2D eigenvalue weighted by atomic mass is 32.2. The summed E-state index contributed by atoms with van der Waals surface area (Å²) < 4.78 is 28.6. The lowest BCUT2D eigenvalue weighted by molar-refractivity contribution is -0.162. The van der Waals surface area contributed by atoms with Gasteiger partial charge in [-0.05, 0) is 58.9 Å². The van der Waals surface area contributed by atoms with Gasteiger partial charge in [0.1, 0.15) is 8.07 Å². The van der Waals surface area contributed by atoms with E-state index in [0.717, 1.165) is 44.8 Å². The van der Waals surface area contributed by atoms with Crippen LogP contribution in [0.25, 0.3) is 0 Å². The van der Waals surface area contributed by atoms with E-state index in [2.05, 4.69) is 72.3 Å². The van der Waals surface area contributed by atoms with Gasteiger partial charge >= 0.3 is 0 Å². The fourth-order valence-electron chi connectivity index (χ4n) is 4.91. The fraction of sp³-hybridized carbons (Fsp3) is 0.571. The van der Waals surface area contributed by atoms with Crippen molar-refractivity contribution in [2.75, 3.05) is 13.2 Å². The predicted octanol–water partition coefficient (Wildman–Crippen LogP) is 4.94. The van der Waals surface area contributed by atoms with Crippen molar-refractivity contribution in [3.8, 4) is 0 Å². The molecule has 0 aromatic heterocycles. The smallest absolute Gasteiger partial charge is 0.157 e. The van der Waals surface area contributed by atoms with Crippen molar-refractivity contribution in [2.24, 2.45) is 0 Å². The second-order valence-corrected chi connectivity index (χ2v) is 16.6. The minimum Gasteiger partial charge on any atom is -0.353 e. The van der Waals surface area contributed by atoms with Crippen molar-refractivity contribution in [3.63, 3.8) is 0 Å². The zero-order valence-corrected chi connectivity index (χ0v) is 23.2. The van der Waals surface area contributed by atoms with Crippen LogP contribution >= 0.6 is 0 Å². The maximum absolute atomic E-state index is 13.4. The number of nitrogens with one attached hydrogen (secondary N) is 1. The van der Waals surface area contributed by atoms with Gasteiger partial charge in [0.25, 0.3) is 0 Å². The van der Waals surface area contributed by atoms with Crippen molar-refractivity contribution in [2.45, 2.75) is 89.0 Å². The molecule has 34 heavy (non-hydrogen) atoms. The monoisotopic (exact) mass is 501 g/mol. The van der Waals surface area contributed by atoms with Gasteiger partial charge in [0.15, 0.2) is 6.29 Å². The van der Waals surface area contributed by atoms with Crippen LogP contribution in [0.15, 0.2) is 60.7 Å². The van der Waals surface area contributed by atoms with Crippen molar-refractivity contribution >= 4 is 29.4 Å². The van der Waals surface area contributed by atoms with E-state index < -0.39 is 19.1 Å². The maximum Gasteiger partial charge on any atom is 0.157 e. The Morgan fingerprint density at radius 3 is 2.18 bits per heavy atom. The minimum absolute atomic E-state index is 0.0591. The van der Waals surface area contributed by atoms with E-state index >= 15 is 0 Å². The molecule has 1 heterocycles. The van der Waals surface area contributed by atoms with Crippen LogP contribution in [0.4, 0.5) is 0 Å². The Morgan fingerprint density at radius 2 is 1.68 bits per heavy atom. The van der Waals surface area contributed by atoms with Crippen molar-refractivity contribution in [1.29, 1.82) is 0 Å². The second-order valence-electron chi connectivity index (χ2n) is 10.3. The van der Waals surface area contributed by atoms with Crippen LogP contribution in [-0.4, -0.2) is 42.2 Å². The summed E-state index contributed by atoms with van der Waals surface area (Å²) in [5.74, 6) is 0. The molecule has 3 rings (SSSR count). The van der Waals surface area contributed by atoms with Crippen molar-refractivity contribution in [1.82, 2.24) is 4.72 Å². The molecule has 0 bridgehead atoms. The van der Waals surface area contributed by atoms with Crippen LogP contribution in [0, 0.1) is 0 Å². The molecule has 0 spiro atoms. The van der Waals surface area contributed by atoms with Gasteiger partial charge in [0.2, 0.25) is 0 Å². The topological polar surface area (TPSA) is 47.6 Å². The third-order valence-electron chi connectivity index (χ3n) is 6.71. The molecule has 0 saturated carbocycles. The number of ether oxygens (including phenoxy) is 2. The summed E-state index contributed by atoms with van der Waals surface area (Å²) in [5, 5.41) is 2.79. The van der Waals surface area contributed by atoms with E-state index in [1.54, 1.807) is 0 Å². The Kier molecular flexibility index (Phi) is 10.5. The third kappa shape index (κ3) is 7.11. The van der Waals surface area contributed by atoms with Crippen molar-refractivity contribution < 1.29 is 13.7 Å². The first-order chi connectivity index (χ1) is 16.4. The number of hydrogen-bond acceptors (Lipinski definition) is 3. The Balaban J connectivity index is 1.97. The van der Waals surface area contributed by atoms with Crippen LogP contribution in [0.1, 0.15) is 66.2 Å². The largest absolute Gasteiger partial charge is 0.353 e. The van der Waals surface area contributed by atoms with Gasteiger partial charge in [0.05, 0.1) is 15.7 Å². The molecule has 0 radical (unpaired) electrons. The van der Waals surface area contributed by atoms with Gasteiger partial charge in [-0.3, -0.25) is 0 Å². The first kappa shape index (κ1) is 27.3. The Labute approximate surface area is 210 Å². The molecular weight excluding hydrogens is 458 g/mol. The first-order valence-corrected chi connectivity index (χ1v) is 16.3.